The summed E-state index contributed by atoms with van der Waals surface area (Å²) in [5.74, 6) is 3.88. The Hall–Kier alpha value is -4.53. The van der Waals surface area contributed by atoms with Crippen molar-refractivity contribution in [3.05, 3.63) is 139 Å². The number of carbonyl (C=O) groups is 2. The molecule has 0 atom stereocenters. The Bertz CT molecular complexity index is 2370. The van der Waals surface area contributed by atoms with Crippen molar-refractivity contribution in [2.75, 3.05) is 112 Å². The van der Waals surface area contributed by atoms with Crippen LogP contribution in [0.25, 0.3) is 0 Å². The molecular weight excluding hydrogens is 1300 g/mol. The molecule has 1 fully saturated rings. The third-order valence-electron chi connectivity index (χ3n) is 9.43. The Kier molecular flexibility index (Phi) is 36.3. The molecule has 0 bridgehead atoms. The van der Waals surface area contributed by atoms with E-state index in [9.17, 15) is 9.59 Å². The molecule has 0 aromatic heterocycles. The number of anilines is 1. The molecule has 23 heteroatoms. The zero-order valence-corrected chi connectivity index (χ0v) is 53.8. The van der Waals surface area contributed by atoms with Crippen LogP contribution in [0.2, 0.25) is 0 Å². The van der Waals surface area contributed by atoms with Crippen molar-refractivity contribution in [1.29, 1.82) is 0 Å². The van der Waals surface area contributed by atoms with E-state index in [0.717, 1.165) is 91.0 Å². The summed E-state index contributed by atoms with van der Waals surface area (Å²) in [6, 6.07) is 38.2. The average Bonchev–Trinajstić information content (AvgIpc) is 3.41. The van der Waals surface area contributed by atoms with Gasteiger partial charge >= 0.3 is 12.2 Å². The first-order valence-corrected chi connectivity index (χ1v) is 28.9. The first kappa shape index (κ1) is 70.6. The van der Waals surface area contributed by atoms with Crippen LogP contribution in [0.1, 0.15) is 41.5 Å². The maximum absolute atomic E-state index is 11.9. The molecule has 5 aromatic carbocycles. The highest BCUT2D eigenvalue weighted by Gasteiger charge is 2.21. The SMILES string of the molecule is CN(CCOc1ccc(N2CCNCC2)cc1)C(=O)OC(C)(C)C.CN(Oc1ccc(Br)cc1)C(=O)OC(C)(C)C.CNCCOc1ccc(Br)cc1.COOSOCCOc1ccc(Br)cc1.OCCOc1ccc(Br)cc1. The van der Waals surface area contributed by atoms with Gasteiger partial charge in [-0.05, 0) is 170 Å². The molecule has 2 amide bonds. The fourth-order valence-electron chi connectivity index (χ4n) is 5.73. The Labute approximate surface area is 505 Å². The van der Waals surface area contributed by atoms with Gasteiger partial charge in [0, 0.05) is 63.3 Å². The minimum atomic E-state index is -0.533. The molecule has 1 saturated heterocycles. The summed E-state index contributed by atoms with van der Waals surface area (Å²) in [5, 5.41) is 15.9. The van der Waals surface area contributed by atoms with Crippen LogP contribution >= 0.6 is 76.0 Å². The maximum Gasteiger partial charge on any atom is 0.443 e. The molecule has 3 N–H and O–H groups in total. The number of aliphatic hydroxyl groups excluding tert-OH is 1. The normalized spacial score (nSPS) is 11.7. The number of nitrogens with one attached hydrogen (secondary N) is 2. The Morgan fingerprint density at radius 2 is 1.00 bits per heavy atom. The number of aliphatic hydroxyl groups is 1. The third kappa shape index (κ3) is 35.7. The van der Waals surface area contributed by atoms with Gasteiger partial charge in [-0.2, -0.15) is 0 Å². The van der Waals surface area contributed by atoms with Crippen LogP contribution < -0.4 is 39.3 Å². The Balaban J connectivity index is 0.000000348. The lowest BCUT2D eigenvalue weighted by Gasteiger charge is -2.29. The summed E-state index contributed by atoms with van der Waals surface area (Å²) >= 11 is 14.1. The number of benzene rings is 5. The first-order chi connectivity index (χ1) is 37.6. The fraction of sp³-hybridized carbons (Fsp3) is 0.429. The molecule has 6 rings (SSSR count). The molecule has 0 aliphatic carbocycles. The third-order valence-corrected chi connectivity index (χ3v) is 12.0. The number of rotatable bonds is 21. The van der Waals surface area contributed by atoms with Gasteiger partial charge in [-0.3, -0.25) is 4.18 Å². The average molecular weight is 1380 g/mol. The summed E-state index contributed by atoms with van der Waals surface area (Å²) in [4.78, 5) is 37.0. The number of likely N-dealkylation sites (N-methyl/N-ethyl adjacent to an activating group) is 2. The standard InChI is InChI=1S/C18H29N3O3.C12H16BrNO3.C9H12BrNO.C9H11BrO4S.C8H9BrO2/c1-18(2,3)24-17(22)20(4)13-14-23-16-7-5-15(6-8-16)21-11-9-19-10-12-21;1-12(2,3)16-11(15)14(4)17-10-7-5-9(13)6-8-10;1-11-6-7-12-9-4-2-8(10)3-5-9;1-11-14-15-13-7-6-12-9-4-2-8(10)3-5-9;9-7-1-3-8(4-2-7)11-6-5-10/h5-8,19H,9-14H2,1-4H3;5-8H,1-4H3;2-5,11H,6-7H2,1H3;2-5H,6-7H2,1H3;1-4,10H,5-6H2. The summed E-state index contributed by atoms with van der Waals surface area (Å²) in [6.45, 7) is 18.9. The second kappa shape index (κ2) is 40.6. The molecule has 0 unspecified atom stereocenters. The molecule has 1 aliphatic heterocycles. The number of hydrogen-bond donors (Lipinski definition) is 3. The molecule has 0 saturated carbocycles. The van der Waals surface area contributed by atoms with E-state index in [1.54, 1.807) is 40.0 Å². The number of nitrogens with zero attached hydrogens (tertiary/aromatic N) is 3. The minimum Gasteiger partial charge on any atom is -0.492 e. The topological polar surface area (TPSA) is 180 Å². The van der Waals surface area contributed by atoms with Crippen molar-refractivity contribution < 1.29 is 61.4 Å². The smallest absolute Gasteiger partial charge is 0.443 e. The van der Waals surface area contributed by atoms with Gasteiger partial charge in [-0.1, -0.05) is 63.7 Å². The van der Waals surface area contributed by atoms with Gasteiger partial charge in [0.05, 0.1) is 33.9 Å². The summed E-state index contributed by atoms with van der Waals surface area (Å²) in [7, 11) is 6.54. The van der Waals surface area contributed by atoms with Crippen LogP contribution in [-0.4, -0.2) is 146 Å². The summed E-state index contributed by atoms with van der Waals surface area (Å²) < 4.78 is 45.6. The highest BCUT2D eigenvalue weighted by molar-refractivity contribution is 9.11. The molecule has 1 heterocycles. The molecule has 0 radical (unpaired) electrons. The summed E-state index contributed by atoms with van der Waals surface area (Å²) in [5.41, 5.74) is 0.204. The van der Waals surface area contributed by atoms with Crippen molar-refractivity contribution in [3.63, 3.8) is 0 Å². The monoisotopic (exact) mass is 1380 g/mol. The van der Waals surface area contributed by atoms with Crippen molar-refractivity contribution in [2.24, 2.45) is 0 Å². The number of hydroxylamine groups is 2. The summed E-state index contributed by atoms with van der Waals surface area (Å²) in [6.07, 6.45) is -0.861. The molecule has 79 heavy (non-hydrogen) atoms. The van der Waals surface area contributed by atoms with Crippen LogP contribution in [0.5, 0.6) is 28.7 Å². The van der Waals surface area contributed by atoms with E-state index < -0.39 is 17.3 Å². The molecule has 18 nitrogen and oxygen atoms in total. The van der Waals surface area contributed by atoms with Crippen LogP contribution in [0.4, 0.5) is 15.3 Å². The van der Waals surface area contributed by atoms with E-state index in [-0.39, 0.29) is 12.7 Å². The van der Waals surface area contributed by atoms with Gasteiger partial charge in [0.1, 0.15) is 60.6 Å². The van der Waals surface area contributed by atoms with Crippen molar-refractivity contribution >= 4 is 93.9 Å². The number of amides is 2. The van der Waals surface area contributed by atoms with Crippen LogP contribution in [-0.2, 0) is 22.9 Å². The Morgan fingerprint density at radius 3 is 1.43 bits per heavy atom. The van der Waals surface area contributed by atoms with Gasteiger partial charge in [0.2, 0.25) is 0 Å². The van der Waals surface area contributed by atoms with Gasteiger partial charge in [0.15, 0.2) is 18.1 Å². The van der Waals surface area contributed by atoms with Gasteiger partial charge < -0.3 is 58.8 Å². The lowest BCUT2D eigenvalue weighted by atomic mass is 10.2. The predicted octanol–water partition coefficient (Wildman–Crippen LogP) is 12.8. The van der Waals surface area contributed by atoms with Gasteiger partial charge in [0.25, 0.3) is 0 Å². The van der Waals surface area contributed by atoms with E-state index in [0.29, 0.717) is 45.3 Å². The quantitative estimate of drug-likeness (QED) is 0.0273. The van der Waals surface area contributed by atoms with E-state index in [1.807, 2.05) is 125 Å². The first-order valence-electron chi connectivity index (χ1n) is 25.0. The van der Waals surface area contributed by atoms with Crippen molar-refractivity contribution in [1.82, 2.24) is 20.6 Å². The number of carbonyl (C=O) groups excluding carboxylic acids is 2. The number of halogens is 4. The highest BCUT2D eigenvalue weighted by atomic mass is 79.9. The maximum atomic E-state index is 11.9. The van der Waals surface area contributed by atoms with Crippen molar-refractivity contribution in [2.45, 2.75) is 52.7 Å². The lowest BCUT2D eigenvalue weighted by Crippen LogP contribution is -2.43. The minimum absolute atomic E-state index is 0.0517. The fourth-order valence-corrected chi connectivity index (χ4v) is 7.01. The molecule has 5 aromatic rings. The second-order valence-electron chi connectivity index (χ2n) is 18.4. The number of hydrogen-bond acceptors (Lipinski definition) is 17. The molecule has 0 spiro atoms. The van der Waals surface area contributed by atoms with E-state index >= 15 is 0 Å². The van der Waals surface area contributed by atoms with Crippen LogP contribution in [0.15, 0.2) is 139 Å². The van der Waals surface area contributed by atoms with E-state index in [1.165, 1.54) is 24.7 Å². The van der Waals surface area contributed by atoms with Gasteiger partial charge in [-0.25, -0.2) is 14.5 Å². The number of piperazine rings is 1. The second-order valence-corrected chi connectivity index (χ2v) is 22.5. The zero-order valence-electron chi connectivity index (χ0n) is 46.6. The van der Waals surface area contributed by atoms with Gasteiger partial charge in [-0.15, -0.1) is 9.40 Å². The lowest BCUT2D eigenvalue weighted by molar-refractivity contribution is -0.166. The molecular formula is C56H77Br4N5O13S. The predicted molar refractivity (Wildman–Crippen MR) is 326 cm³/mol. The zero-order chi connectivity index (χ0) is 58.5. The largest absolute Gasteiger partial charge is 0.492 e. The van der Waals surface area contributed by atoms with Crippen LogP contribution in [0, 0.1) is 0 Å². The van der Waals surface area contributed by atoms with Crippen molar-refractivity contribution in [3.8, 4) is 28.7 Å². The van der Waals surface area contributed by atoms with E-state index in [4.69, 9.17) is 42.5 Å². The Morgan fingerprint density at radius 1 is 0.595 bits per heavy atom. The number of ether oxygens (including phenoxy) is 6. The molecule has 438 valence electrons. The molecule has 1 aliphatic rings. The highest BCUT2D eigenvalue weighted by Crippen LogP contribution is 2.22. The van der Waals surface area contributed by atoms with E-state index in [2.05, 4.69) is 101 Å². The van der Waals surface area contributed by atoms with Crippen LogP contribution in [0.3, 0.4) is 0 Å².